The van der Waals surface area contributed by atoms with E-state index in [0.717, 1.165) is 26.9 Å². The number of carbonyl (C=O) groups is 2. The van der Waals surface area contributed by atoms with Crippen molar-refractivity contribution in [2.75, 3.05) is 14.2 Å². The number of carbonyl (C=O) groups excluding carboxylic acids is 2. The zero-order chi connectivity index (χ0) is 26.2. The Morgan fingerprint density at radius 3 is 1.29 bits per heavy atom. The normalized spacial score (nSPS) is 11.1. The molecule has 0 aromatic heterocycles. The maximum absolute atomic E-state index is 14.1. The van der Waals surface area contributed by atoms with Gasteiger partial charge in [-0.25, -0.2) is 0 Å². The van der Waals surface area contributed by atoms with Gasteiger partial charge in [-0.05, 0) is 51.2 Å². The number of ether oxygens (including phenoxy) is 2. The van der Waals surface area contributed by atoms with Crippen molar-refractivity contribution in [2.24, 2.45) is 0 Å². The number of hydrogen-bond donors (Lipinski definition) is 0. The van der Waals surface area contributed by atoms with Gasteiger partial charge in [0.05, 0.1) is 25.3 Å². The molecule has 0 fully saturated rings. The van der Waals surface area contributed by atoms with Gasteiger partial charge in [-0.2, -0.15) is 0 Å². The molecule has 0 unspecified atom stereocenters. The van der Waals surface area contributed by atoms with Gasteiger partial charge in [0.2, 0.25) is 0 Å². The van der Waals surface area contributed by atoms with E-state index in [9.17, 15) is 9.59 Å². The monoisotopic (exact) mass is 496 g/mol. The molecule has 38 heavy (non-hydrogen) atoms. The molecule has 0 atom stereocenters. The Bertz CT molecular complexity index is 1750. The third-order valence-corrected chi connectivity index (χ3v) is 7.03. The fraction of sp³-hybridized carbons (Fsp3) is 0.0588. The Morgan fingerprint density at radius 2 is 0.868 bits per heavy atom. The maximum Gasteiger partial charge on any atom is 0.197 e. The van der Waals surface area contributed by atoms with Crippen LogP contribution in [0.25, 0.3) is 32.3 Å². The molecule has 0 aliphatic rings. The minimum atomic E-state index is -0.223. The highest BCUT2D eigenvalue weighted by Crippen LogP contribution is 2.38. The van der Waals surface area contributed by atoms with Gasteiger partial charge < -0.3 is 9.47 Å². The standard InChI is InChI=1S/C34H24O4/c1-37-28-17-15-23-16-18-29(38-2)32(34(36)27-14-12-22-8-4-6-10-25(22)20-27)30(23)31(28)33(35)26-13-11-21-7-3-5-9-24(21)19-26/h3-20H,1-2H3. The van der Waals surface area contributed by atoms with Crippen LogP contribution >= 0.6 is 0 Å². The first kappa shape index (κ1) is 23.4. The van der Waals surface area contributed by atoms with Gasteiger partial charge in [-0.1, -0.05) is 84.9 Å². The number of rotatable bonds is 6. The first-order valence-electron chi connectivity index (χ1n) is 12.3. The SMILES string of the molecule is COc1ccc2ccc(OC)c(C(=O)c3ccc4ccccc4c3)c2c1C(=O)c1ccc2ccccc2c1. The zero-order valence-corrected chi connectivity index (χ0v) is 21.0. The smallest absolute Gasteiger partial charge is 0.197 e. The van der Waals surface area contributed by atoms with E-state index in [4.69, 9.17) is 9.47 Å². The summed E-state index contributed by atoms with van der Waals surface area (Å²) in [6.07, 6.45) is 0. The average Bonchev–Trinajstić information content (AvgIpc) is 2.98. The van der Waals surface area contributed by atoms with Crippen LogP contribution in [0.2, 0.25) is 0 Å². The van der Waals surface area contributed by atoms with Crippen LogP contribution in [0.15, 0.2) is 109 Å². The predicted octanol–water partition coefficient (Wildman–Crippen LogP) is 7.63. The number of benzene rings is 6. The molecule has 184 valence electrons. The summed E-state index contributed by atoms with van der Waals surface area (Å²) < 4.78 is 11.4. The van der Waals surface area contributed by atoms with Crippen molar-refractivity contribution in [3.05, 3.63) is 131 Å². The summed E-state index contributed by atoms with van der Waals surface area (Å²) in [5.41, 5.74) is 1.70. The molecule has 0 radical (unpaired) electrons. The van der Waals surface area contributed by atoms with Crippen LogP contribution in [0.5, 0.6) is 11.5 Å². The topological polar surface area (TPSA) is 52.6 Å². The van der Waals surface area contributed by atoms with Crippen molar-refractivity contribution >= 4 is 43.9 Å². The molecule has 0 bridgehead atoms. The van der Waals surface area contributed by atoms with Gasteiger partial charge in [0, 0.05) is 16.5 Å². The van der Waals surface area contributed by atoms with Gasteiger partial charge in [0.1, 0.15) is 11.5 Å². The molecular weight excluding hydrogens is 472 g/mol. The van der Waals surface area contributed by atoms with Crippen molar-refractivity contribution in [2.45, 2.75) is 0 Å². The molecule has 6 rings (SSSR count). The van der Waals surface area contributed by atoms with Crippen LogP contribution in [-0.2, 0) is 0 Å². The highest BCUT2D eigenvalue weighted by molar-refractivity contribution is 6.26. The molecule has 0 saturated heterocycles. The van der Waals surface area contributed by atoms with E-state index in [1.807, 2.05) is 97.1 Å². The molecule has 0 heterocycles. The van der Waals surface area contributed by atoms with Crippen LogP contribution in [0.4, 0.5) is 0 Å². The van der Waals surface area contributed by atoms with Gasteiger partial charge >= 0.3 is 0 Å². The highest BCUT2D eigenvalue weighted by atomic mass is 16.5. The molecule has 6 aromatic rings. The Hall–Kier alpha value is -4.96. The van der Waals surface area contributed by atoms with Gasteiger partial charge in [-0.3, -0.25) is 9.59 Å². The highest BCUT2D eigenvalue weighted by Gasteiger charge is 2.26. The van der Waals surface area contributed by atoms with Crippen molar-refractivity contribution in [3.63, 3.8) is 0 Å². The largest absolute Gasteiger partial charge is 0.496 e. The summed E-state index contributed by atoms with van der Waals surface area (Å²) in [6, 6.07) is 34.3. The van der Waals surface area contributed by atoms with Gasteiger partial charge in [0.25, 0.3) is 0 Å². The van der Waals surface area contributed by atoms with E-state index in [0.29, 0.717) is 39.1 Å². The first-order chi connectivity index (χ1) is 18.6. The Balaban J connectivity index is 1.61. The fourth-order valence-corrected chi connectivity index (χ4v) is 5.12. The maximum atomic E-state index is 14.1. The molecule has 4 heteroatoms. The van der Waals surface area contributed by atoms with E-state index in [2.05, 4.69) is 0 Å². The second-order valence-electron chi connectivity index (χ2n) is 9.17. The lowest BCUT2D eigenvalue weighted by molar-refractivity contribution is 0.103. The molecule has 0 N–H and O–H groups in total. The van der Waals surface area contributed by atoms with Crippen LogP contribution in [0.3, 0.4) is 0 Å². The second-order valence-corrected chi connectivity index (χ2v) is 9.17. The summed E-state index contributed by atoms with van der Waals surface area (Å²) in [6.45, 7) is 0. The second kappa shape index (κ2) is 9.49. The minimum absolute atomic E-state index is 0.223. The van der Waals surface area contributed by atoms with E-state index in [1.54, 1.807) is 12.1 Å². The Kier molecular flexibility index (Phi) is 5.85. The fourth-order valence-electron chi connectivity index (χ4n) is 5.12. The quantitative estimate of drug-likeness (QED) is 0.223. The third kappa shape index (κ3) is 3.87. The van der Waals surface area contributed by atoms with Crippen LogP contribution < -0.4 is 9.47 Å². The number of hydrogen-bond acceptors (Lipinski definition) is 4. The lowest BCUT2D eigenvalue weighted by Crippen LogP contribution is -2.11. The zero-order valence-electron chi connectivity index (χ0n) is 21.0. The summed E-state index contributed by atoms with van der Waals surface area (Å²) in [5, 5.41) is 5.27. The van der Waals surface area contributed by atoms with Gasteiger partial charge in [0.15, 0.2) is 11.6 Å². The van der Waals surface area contributed by atoms with Crippen molar-refractivity contribution in [1.82, 2.24) is 0 Å². The summed E-state index contributed by atoms with van der Waals surface area (Å²) >= 11 is 0. The summed E-state index contributed by atoms with van der Waals surface area (Å²) in [5.74, 6) is 0.353. The first-order valence-corrected chi connectivity index (χ1v) is 12.3. The van der Waals surface area contributed by atoms with Gasteiger partial charge in [-0.15, -0.1) is 0 Å². The van der Waals surface area contributed by atoms with Crippen molar-refractivity contribution in [1.29, 1.82) is 0 Å². The van der Waals surface area contributed by atoms with E-state index < -0.39 is 0 Å². The molecular formula is C34H24O4. The Morgan fingerprint density at radius 1 is 0.474 bits per heavy atom. The summed E-state index contributed by atoms with van der Waals surface area (Å²) in [7, 11) is 3.06. The predicted molar refractivity (Wildman–Crippen MR) is 152 cm³/mol. The number of methoxy groups -OCH3 is 2. The van der Waals surface area contributed by atoms with E-state index in [-0.39, 0.29) is 11.6 Å². The Labute approximate surface area is 220 Å². The molecule has 4 nitrogen and oxygen atoms in total. The van der Waals surface area contributed by atoms with Crippen molar-refractivity contribution in [3.8, 4) is 11.5 Å². The number of fused-ring (bicyclic) bond motifs is 3. The molecule has 0 aliphatic heterocycles. The molecule has 0 spiro atoms. The minimum Gasteiger partial charge on any atom is -0.496 e. The van der Waals surface area contributed by atoms with Crippen molar-refractivity contribution < 1.29 is 19.1 Å². The summed E-state index contributed by atoms with van der Waals surface area (Å²) in [4.78, 5) is 28.3. The third-order valence-electron chi connectivity index (χ3n) is 7.03. The van der Waals surface area contributed by atoms with E-state index >= 15 is 0 Å². The van der Waals surface area contributed by atoms with Crippen LogP contribution in [0.1, 0.15) is 31.8 Å². The van der Waals surface area contributed by atoms with Crippen LogP contribution in [0, 0.1) is 0 Å². The molecule has 0 amide bonds. The molecule has 0 saturated carbocycles. The lowest BCUT2D eigenvalue weighted by atomic mass is 9.88. The number of ketones is 2. The van der Waals surface area contributed by atoms with Crippen LogP contribution in [-0.4, -0.2) is 25.8 Å². The average molecular weight is 497 g/mol. The molecule has 6 aromatic carbocycles. The lowest BCUT2D eigenvalue weighted by Gasteiger charge is -2.17. The van der Waals surface area contributed by atoms with E-state index in [1.165, 1.54) is 14.2 Å². The molecule has 0 aliphatic carbocycles.